The zero-order chi connectivity index (χ0) is 18.5. The largest absolute Gasteiger partial charge is 0.495 e. The molecule has 0 spiro atoms. The molecule has 2 heterocycles. The SMILES string of the molecule is COc1cc(C)sc1C(=O)N[C@@H]1CCOC[C@H]1Oc1ccc(C#N)cc1. The van der Waals surface area contributed by atoms with Crippen LogP contribution >= 0.6 is 11.3 Å². The van der Waals surface area contributed by atoms with Gasteiger partial charge in [0.1, 0.15) is 22.5 Å². The van der Waals surface area contributed by atoms with E-state index in [4.69, 9.17) is 19.5 Å². The summed E-state index contributed by atoms with van der Waals surface area (Å²) in [5.41, 5.74) is 0.572. The highest BCUT2D eigenvalue weighted by Crippen LogP contribution is 2.29. The van der Waals surface area contributed by atoms with Gasteiger partial charge in [-0.1, -0.05) is 0 Å². The lowest BCUT2D eigenvalue weighted by molar-refractivity contribution is -0.0134. The van der Waals surface area contributed by atoms with Crippen molar-refractivity contribution in [1.82, 2.24) is 5.32 Å². The maximum atomic E-state index is 12.7. The molecule has 7 heteroatoms. The summed E-state index contributed by atoms with van der Waals surface area (Å²) in [6.45, 7) is 2.90. The first-order chi connectivity index (χ1) is 12.6. The molecule has 26 heavy (non-hydrogen) atoms. The van der Waals surface area contributed by atoms with Crippen LogP contribution < -0.4 is 14.8 Å². The molecule has 0 radical (unpaired) electrons. The molecule has 3 rings (SSSR count). The highest BCUT2D eigenvalue weighted by Gasteiger charge is 2.30. The molecule has 2 aromatic rings. The maximum absolute atomic E-state index is 12.7. The van der Waals surface area contributed by atoms with Gasteiger partial charge in [-0.2, -0.15) is 5.26 Å². The number of nitrogens with one attached hydrogen (secondary N) is 1. The number of amides is 1. The molecule has 1 aromatic carbocycles. The molecule has 1 aromatic heterocycles. The minimum absolute atomic E-state index is 0.166. The van der Waals surface area contributed by atoms with Crippen LogP contribution in [-0.4, -0.2) is 38.4 Å². The molecular weight excluding hydrogens is 352 g/mol. The van der Waals surface area contributed by atoms with Crippen LogP contribution in [0, 0.1) is 18.3 Å². The smallest absolute Gasteiger partial charge is 0.265 e. The number of carbonyl (C=O) groups excluding carboxylic acids is 1. The van der Waals surface area contributed by atoms with Gasteiger partial charge in [-0.3, -0.25) is 4.79 Å². The fourth-order valence-corrected chi connectivity index (χ4v) is 3.69. The fraction of sp³-hybridized carbons (Fsp3) is 0.368. The molecule has 1 fully saturated rings. The van der Waals surface area contributed by atoms with Gasteiger partial charge in [0.05, 0.1) is 31.4 Å². The Morgan fingerprint density at radius 3 is 2.85 bits per heavy atom. The van der Waals surface area contributed by atoms with Crippen molar-refractivity contribution >= 4 is 17.2 Å². The molecule has 0 saturated carbocycles. The molecule has 1 aliphatic heterocycles. The Kier molecular flexibility index (Phi) is 5.76. The van der Waals surface area contributed by atoms with Crippen molar-refractivity contribution in [3.05, 3.63) is 45.6 Å². The van der Waals surface area contributed by atoms with Crippen molar-refractivity contribution in [2.75, 3.05) is 20.3 Å². The van der Waals surface area contributed by atoms with E-state index in [2.05, 4.69) is 11.4 Å². The molecule has 1 N–H and O–H groups in total. The second kappa shape index (κ2) is 8.21. The molecule has 1 saturated heterocycles. The van der Waals surface area contributed by atoms with Gasteiger partial charge in [0.25, 0.3) is 5.91 Å². The fourth-order valence-electron chi connectivity index (χ4n) is 2.81. The van der Waals surface area contributed by atoms with Gasteiger partial charge in [0, 0.05) is 11.5 Å². The topological polar surface area (TPSA) is 80.6 Å². The van der Waals surface area contributed by atoms with Gasteiger partial charge in [-0.25, -0.2) is 0 Å². The Bertz CT molecular complexity index is 810. The van der Waals surface area contributed by atoms with E-state index in [0.29, 0.717) is 41.6 Å². The lowest BCUT2D eigenvalue weighted by atomic mass is 10.1. The van der Waals surface area contributed by atoms with Crippen molar-refractivity contribution in [3.63, 3.8) is 0 Å². The molecule has 1 aliphatic rings. The van der Waals surface area contributed by atoms with E-state index in [1.165, 1.54) is 11.3 Å². The van der Waals surface area contributed by atoms with E-state index in [1.807, 2.05) is 13.0 Å². The lowest BCUT2D eigenvalue weighted by Crippen LogP contribution is -2.51. The van der Waals surface area contributed by atoms with E-state index < -0.39 is 0 Å². The summed E-state index contributed by atoms with van der Waals surface area (Å²) in [6.07, 6.45) is 0.368. The molecular formula is C19H20N2O4S. The first kappa shape index (κ1) is 18.2. The van der Waals surface area contributed by atoms with Gasteiger partial charge >= 0.3 is 0 Å². The van der Waals surface area contributed by atoms with E-state index in [1.54, 1.807) is 31.4 Å². The Morgan fingerprint density at radius 1 is 1.38 bits per heavy atom. The summed E-state index contributed by atoms with van der Waals surface area (Å²) in [4.78, 5) is 14.3. The second-order valence-electron chi connectivity index (χ2n) is 5.99. The number of methoxy groups -OCH3 is 1. The molecule has 0 bridgehead atoms. The number of thiophene rings is 1. The van der Waals surface area contributed by atoms with Gasteiger partial charge in [-0.15, -0.1) is 11.3 Å². The number of ether oxygens (including phenoxy) is 3. The predicted octanol–water partition coefficient (Wildman–Crippen LogP) is 2.90. The number of nitrogens with zero attached hydrogens (tertiary/aromatic N) is 1. The zero-order valence-corrected chi connectivity index (χ0v) is 15.5. The van der Waals surface area contributed by atoms with Crippen LogP contribution in [0.2, 0.25) is 0 Å². The van der Waals surface area contributed by atoms with Gasteiger partial charge in [-0.05, 0) is 43.7 Å². The quantitative estimate of drug-likeness (QED) is 0.873. The lowest BCUT2D eigenvalue weighted by Gasteiger charge is -2.32. The standard InChI is InChI=1S/C19H20N2O4S/c1-12-9-16(23-2)18(26-12)19(22)21-15-7-8-24-11-17(15)25-14-5-3-13(10-20)4-6-14/h3-6,9,15,17H,7-8,11H2,1-2H3,(H,21,22)/t15-,17-/m1/s1. The van der Waals surface area contributed by atoms with Crippen LogP contribution in [0.5, 0.6) is 11.5 Å². The van der Waals surface area contributed by atoms with E-state index in [9.17, 15) is 4.79 Å². The summed E-state index contributed by atoms with van der Waals surface area (Å²) in [5.74, 6) is 1.06. The van der Waals surface area contributed by atoms with Crippen molar-refractivity contribution in [2.45, 2.75) is 25.5 Å². The maximum Gasteiger partial charge on any atom is 0.265 e. The summed E-state index contributed by atoms with van der Waals surface area (Å²) < 4.78 is 16.8. The van der Waals surface area contributed by atoms with Crippen molar-refractivity contribution < 1.29 is 19.0 Å². The number of carbonyl (C=O) groups is 1. The van der Waals surface area contributed by atoms with Crippen LogP contribution in [0.4, 0.5) is 0 Å². The van der Waals surface area contributed by atoms with Crippen molar-refractivity contribution in [3.8, 4) is 17.6 Å². The Labute approximate surface area is 156 Å². The number of benzene rings is 1. The zero-order valence-electron chi connectivity index (χ0n) is 14.7. The molecule has 2 atom stereocenters. The number of aryl methyl sites for hydroxylation is 1. The number of hydrogen-bond donors (Lipinski definition) is 1. The second-order valence-corrected chi connectivity index (χ2v) is 7.25. The summed E-state index contributed by atoms with van der Waals surface area (Å²) in [5, 5.41) is 11.9. The van der Waals surface area contributed by atoms with Gasteiger partial charge in [0.2, 0.25) is 0 Å². The predicted molar refractivity (Wildman–Crippen MR) is 97.9 cm³/mol. The number of nitriles is 1. The van der Waals surface area contributed by atoms with E-state index in [-0.39, 0.29) is 18.1 Å². The van der Waals surface area contributed by atoms with Crippen LogP contribution in [0.15, 0.2) is 30.3 Å². The van der Waals surface area contributed by atoms with Crippen molar-refractivity contribution in [1.29, 1.82) is 5.26 Å². The molecule has 6 nitrogen and oxygen atoms in total. The normalized spacial score (nSPS) is 19.4. The minimum Gasteiger partial charge on any atom is -0.495 e. The molecule has 136 valence electrons. The Hall–Kier alpha value is -2.56. The average molecular weight is 372 g/mol. The van der Waals surface area contributed by atoms with Crippen LogP contribution in [0.1, 0.15) is 26.5 Å². The summed E-state index contributed by atoms with van der Waals surface area (Å²) in [7, 11) is 1.56. The van der Waals surface area contributed by atoms with Crippen LogP contribution in [0.25, 0.3) is 0 Å². The molecule has 0 unspecified atom stereocenters. The van der Waals surface area contributed by atoms with Gasteiger partial charge < -0.3 is 19.5 Å². The first-order valence-corrected chi connectivity index (χ1v) is 9.12. The first-order valence-electron chi connectivity index (χ1n) is 8.30. The third kappa shape index (κ3) is 4.15. The highest BCUT2D eigenvalue weighted by atomic mass is 32.1. The Balaban J connectivity index is 1.70. The minimum atomic E-state index is -0.298. The van der Waals surface area contributed by atoms with Crippen LogP contribution in [-0.2, 0) is 4.74 Å². The summed E-state index contributed by atoms with van der Waals surface area (Å²) >= 11 is 1.41. The molecule has 0 aliphatic carbocycles. The van der Waals surface area contributed by atoms with E-state index >= 15 is 0 Å². The highest BCUT2D eigenvalue weighted by molar-refractivity contribution is 7.14. The number of rotatable bonds is 5. The van der Waals surface area contributed by atoms with Crippen LogP contribution in [0.3, 0.4) is 0 Å². The third-order valence-electron chi connectivity index (χ3n) is 4.14. The Morgan fingerprint density at radius 2 is 2.15 bits per heavy atom. The monoisotopic (exact) mass is 372 g/mol. The van der Waals surface area contributed by atoms with E-state index in [0.717, 1.165) is 4.88 Å². The third-order valence-corrected chi connectivity index (χ3v) is 5.17. The van der Waals surface area contributed by atoms with Gasteiger partial charge in [0.15, 0.2) is 0 Å². The van der Waals surface area contributed by atoms with Crippen molar-refractivity contribution in [2.24, 2.45) is 0 Å². The number of hydrogen-bond acceptors (Lipinski definition) is 6. The summed E-state index contributed by atoms with van der Waals surface area (Å²) in [6, 6.07) is 10.7. The molecule has 1 amide bonds. The average Bonchev–Trinajstić information content (AvgIpc) is 3.05.